The number of fused-ring (bicyclic) bond motifs is 1. The maximum absolute atomic E-state index is 5.73. The minimum atomic E-state index is 0.262. The third-order valence-corrected chi connectivity index (χ3v) is 2.71. The lowest BCUT2D eigenvalue weighted by Gasteiger charge is -2.33. The molecule has 0 fully saturated rings. The highest BCUT2D eigenvalue weighted by molar-refractivity contribution is 5.61. The van der Waals surface area contributed by atoms with Crippen molar-refractivity contribution in [1.29, 1.82) is 0 Å². The molecule has 0 saturated carbocycles. The van der Waals surface area contributed by atoms with Gasteiger partial charge in [-0.25, -0.2) is 0 Å². The molecular formula is C11H15ClNO+. The summed E-state index contributed by atoms with van der Waals surface area (Å²) in [6.45, 7) is 6.19. The van der Waals surface area contributed by atoms with E-state index in [0.29, 0.717) is 0 Å². The second-order valence-electron chi connectivity index (χ2n) is 3.60. The van der Waals surface area contributed by atoms with Crippen LogP contribution >= 0.6 is 0 Å². The van der Waals surface area contributed by atoms with Crippen molar-refractivity contribution in [2.75, 3.05) is 18.0 Å². The average molecular weight is 213 g/mol. The van der Waals surface area contributed by atoms with Crippen molar-refractivity contribution >= 4 is 5.69 Å². The molecule has 76 valence electrons. The molecule has 0 bridgehead atoms. The lowest BCUT2D eigenvalue weighted by Crippen LogP contribution is -2.38. The van der Waals surface area contributed by atoms with Gasteiger partial charge in [0.05, 0.1) is 12.2 Å². The smallest absolute Gasteiger partial charge is 0.227 e. The lowest BCUT2D eigenvalue weighted by atomic mass is 10.2. The van der Waals surface area contributed by atoms with Gasteiger partial charge in [-0.15, -0.1) is 0 Å². The SMILES string of the molecule is CCN1C[C@@H](C)Oc2ccc([ClH+])cc21. The monoisotopic (exact) mass is 212 g/mol. The average Bonchev–Trinajstić information content (AvgIpc) is 2.17. The second kappa shape index (κ2) is 3.70. The highest BCUT2D eigenvalue weighted by Crippen LogP contribution is 2.34. The fraction of sp³-hybridized carbons (Fsp3) is 0.455. The van der Waals surface area contributed by atoms with Gasteiger partial charge in [-0.05, 0) is 19.9 Å². The van der Waals surface area contributed by atoms with E-state index in [1.807, 2.05) is 18.2 Å². The van der Waals surface area contributed by atoms with Gasteiger partial charge in [0, 0.05) is 18.7 Å². The van der Waals surface area contributed by atoms with E-state index in [2.05, 4.69) is 18.7 Å². The van der Waals surface area contributed by atoms with Crippen molar-refractivity contribution in [1.82, 2.24) is 0 Å². The summed E-state index contributed by atoms with van der Waals surface area (Å²) in [6.07, 6.45) is 0.262. The molecule has 0 saturated heterocycles. The molecule has 0 radical (unpaired) electrons. The highest BCUT2D eigenvalue weighted by atomic mass is 35.5. The van der Waals surface area contributed by atoms with Crippen LogP contribution in [-0.2, 0) is 0 Å². The number of benzene rings is 1. The van der Waals surface area contributed by atoms with E-state index < -0.39 is 0 Å². The van der Waals surface area contributed by atoms with E-state index in [4.69, 9.17) is 16.3 Å². The van der Waals surface area contributed by atoms with Crippen molar-refractivity contribution in [2.45, 2.75) is 20.0 Å². The summed E-state index contributed by atoms with van der Waals surface area (Å²) in [5, 5.41) is 0.875. The predicted octanol–water partition coefficient (Wildman–Crippen LogP) is 1.99. The number of nitrogens with zero attached hydrogens (tertiary/aromatic N) is 1. The summed E-state index contributed by atoms with van der Waals surface area (Å²) in [5.41, 5.74) is 1.14. The van der Waals surface area contributed by atoms with Crippen LogP contribution < -0.4 is 9.64 Å². The summed E-state index contributed by atoms with van der Waals surface area (Å²) in [7, 11) is 0. The molecule has 14 heavy (non-hydrogen) atoms. The van der Waals surface area contributed by atoms with Crippen LogP contribution in [0, 0.1) is 11.6 Å². The number of halogens is 1. The van der Waals surface area contributed by atoms with Gasteiger partial charge in [-0.3, -0.25) is 0 Å². The van der Waals surface area contributed by atoms with Gasteiger partial charge in [0.1, 0.15) is 11.9 Å². The first-order valence-electron chi connectivity index (χ1n) is 4.93. The van der Waals surface area contributed by atoms with Gasteiger partial charge in [-0.1, -0.05) is 0 Å². The predicted molar refractivity (Wildman–Crippen MR) is 55.0 cm³/mol. The van der Waals surface area contributed by atoms with Gasteiger partial charge in [0.15, 0.2) is 11.6 Å². The fourth-order valence-corrected chi connectivity index (χ4v) is 1.99. The molecule has 1 atom stereocenters. The third kappa shape index (κ3) is 1.67. The fourth-order valence-electron chi connectivity index (χ4n) is 1.81. The van der Waals surface area contributed by atoms with E-state index in [9.17, 15) is 0 Å². The van der Waals surface area contributed by atoms with Crippen molar-refractivity contribution in [3.05, 3.63) is 23.2 Å². The van der Waals surface area contributed by atoms with Crippen molar-refractivity contribution in [3.8, 4) is 5.75 Å². The Balaban J connectivity index is 2.41. The summed E-state index contributed by atoms with van der Waals surface area (Å²) in [6, 6.07) is 5.90. The van der Waals surface area contributed by atoms with E-state index in [-0.39, 0.29) is 6.10 Å². The quantitative estimate of drug-likeness (QED) is 0.706. The van der Waals surface area contributed by atoms with Crippen LogP contribution in [0.4, 0.5) is 5.69 Å². The Kier molecular flexibility index (Phi) is 2.55. The van der Waals surface area contributed by atoms with Crippen molar-refractivity contribution < 1.29 is 16.3 Å². The number of hydrogen-bond acceptors (Lipinski definition) is 2. The normalized spacial score (nSPS) is 20.2. The Hall–Kier alpha value is -0.890. The molecule has 1 aromatic rings. The van der Waals surface area contributed by atoms with E-state index in [1.54, 1.807) is 0 Å². The van der Waals surface area contributed by atoms with Gasteiger partial charge in [0.2, 0.25) is 5.02 Å². The summed E-state index contributed by atoms with van der Waals surface area (Å²) >= 11 is 5.15. The van der Waals surface area contributed by atoms with Crippen molar-refractivity contribution in [2.24, 2.45) is 0 Å². The molecule has 0 aliphatic carbocycles. The zero-order chi connectivity index (χ0) is 10.1. The van der Waals surface area contributed by atoms with Gasteiger partial charge in [-0.2, -0.15) is 0 Å². The molecule has 2 rings (SSSR count). The van der Waals surface area contributed by atoms with Gasteiger partial charge < -0.3 is 9.64 Å². The number of likely N-dealkylation sites (N-methyl/N-ethyl adjacent to an activating group) is 1. The van der Waals surface area contributed by atoms with Crippen LogP contribution in [0.1, 0.15) is 13.8 Å². The molecule has 3 heteroatoms. The van der Waals surface area contributed by atoms with Crippen LogP contribution in [0.15, 0.2) is 18.2 Å². The molecule has 1 heterocycles. The minimum absolute atomic E-state index is 0.262. The van der Waals surface area contributed by atoms with Crippen LogP contribution in [-0.4, -0.2) is 19.2 Å². The molecule has 0 spiro atoms. The van der Waals surface area contributed by atoms with E-state index in [0.717, 1.165) is 29.5 Å². The first-order chi connectivity index (χ1) is 6.70. The molecule has 0 N–H and O–H groups in total. The van der Waals surface area contributed by atoms with Gasteiger partial charge >= 0.3 is 0 Å². The Morgan fingerprint density at radius 2 is 2.36 bits per heavy atom. The Bertz CT molecular complexity index is 340. The zero-order valence-electron chi connectivity index (χ0n) is 8.49. The molecule has 1 aliphatic heterocycles. The minimum Gasteiger partial charge on any atom is -0.487 e. The van der Waals surface area contributed by atoms with Crippen molar-refractivity contribution in [3.63, 3.8) is 0 Å². The summed E-state index contributed by atoms with van der Waals surface area (Å²) < 4.78 is 5.73. The van der Waals surface area contributed by atoms with Crippen LogP contribution in [0.3, 0.4) is 0 Å². The number of hydrogen-bond donors (Lipinski definition) is 0. The molecule has 0 amide bonds. The summed E-state index contributed by atoms with van der Waals surface area (Å²) in [4.78, 5) is 2.30. The Morgan fingerprint density at radius 3 is 3.07 bits per heavy atom. The number of rotatable bonds is 1. The third-order valence-electron chi connectivity index (χ3n) is 2.46. The molecular weight excluding hydrogens is 198 g/mol. The largest absolute Gasteiger partial charge is 0.487 e. The Labute approximate surface area is 89.4 Å². The van der Waals surface area contributed by atoms with Crippen LogP contribution in [0.5, 0.6) is 5.75 Å². The number of anilines is 1. The van der Waals surface area contributed by atoms with E-state index in [1.165, 1.54) is 0 Å². The van der Waals surface area contributed by atoms with Crippen LogP contribution in [0.25, 0.3) is 0 Å². The highest BCUT2D eigenvalue weighted by Gasteiger charge is 2.22. The first-order valence-corrected chi connectivity index (χ1v) is 5.34. The summed E-state index contributed by atoms with van der Waals surface area (Å²) in [5.74, 6) is 0.958. The second-order valence-corrected chi connectivity index (χ2v) is 4.07. The Morgan fingerprint density at radius 1 is 1.57 bits per heavy atom. The standard InChI is InChI=1S/C11H15ClNO/c1-3-13-7-8(2)14-11-5-4-9(12)6-10(11)13/h4-6,8,12H,3,7H2,1-2H3/q+1/t8-/m1/s1. The topological polar surface area (TPSA) is 12.5 Å². The molecule has 0 unspecified atom stereocenters. The maximum atomic E-state index is 5.73. The van der Waals surface area contributed by atoms with E-state index >= 15 is 0 Å². The molecule has 2 nitrogen and oxygen atoms in total. The van der Waals surface area contributed by atoms with Crippen LogP contribution in [0.2, 0.25) is 5.02 Å². The molecule has 1 aromatic carbocycles. The number of ether oxygens (including phenoxy) is 1. The van der Waals surface area contributed by atoms with Gasteiger partial charge in [0.25, 0.3) is 0 Å². The lowest BCUT2D eigenvalue weighted by molar-refractivity contribution is -0.288. The first kappa shape index (κ1) is 9.66. The molecule has 0 aromatic heterocycles. The maximum Gasteiger partial charge on any atom is 0.227 e. The zero-order valence-corrected chi connectivity index (χ0v) is 9.30. The molecule has 1 aliphatic rings.